The van der Waals surface area contributed by atoms with Gasteiger partial charge in [-0.3, -0.25) is 5.10 Å². The molecule has 7 heteroatoms. The van der Waals surface area contributed by atoms with E-state index in [-0.39, 0.29) is 0 Å². The molecule has 26 heavy (non-hydrogen) atoms. The number of ether oxygens (including phenoxy) is 1. The average molecular weight is 350 g/mol. The molecule has 0 aliphatic heterocycles. The number of aromatic amines is 1. The van der Waals surface area contributed by atoms with Gasteiger partial charge in [0.25, 0.3) is 0 Å². The second-order valence-electron chi connectivity index (χ2n) is 6.61. The van der Waals surface area contributed by atoms with Crippen LogP contribution >= 0.6 is 0 Å². The third-order valence-corrected chi connectivity index (χ3v) is 4.64. The van der Waals surface area contributed by atoms with Gasteiger partial charge in [-0.25, -0.2) is 9.97 Å². The molecule has 2 heterocycles. The first kappa shape index (κ1) is 16.5. The summed E-state index contributed by atoms with van der Waals surface area (Å²) in [5, 5.41) is 10.7. The van der Waals surface area contributed by atoms with Gasteiger partial charge in [0.1, 0.15) is 11.6 Å². The van der Waals surface area contributed by atoms with Gasteiger partial charge in [-0.2, -0.15) is 10.1 Å². The van der Waals surface area contributed by atoms with Gasteiger partial charge >= 0.3 is 0 Å². The molecule has 0 atom stereocenters. The van der Waals surface area contributed by atoms with Crippen LogP contribution in [0.2, 0.25) is 0 Å². The van der Waals surface area contributed by atoms with Crippen LogP contribution in [0.3, 0.4) is 0 Å². The maximum Gasteiger partial charge on any atom is 0.226 e. The predicted octanol–water partition coefficient (Wildman–Crippen LogP) is 3.83. The molecule has 4 rings (SSSR count). The zero-order valence-corrected chi connectivity index (χ0v) is 14.7. The maximum atomic E-state index is 5.77. The molecule has 1 aliphatic rings. The van der Waals surface area contributed by atoms with E-state index in [1.807, 2.05) is 37.3 Å². The van der Waals surface area contributed by atoms with E-state index in [2.05, 4.69) is 30.5 Å². The summed E-state index contributed by atoms with van der Waals surface area (Å²) in [5.74, 6) is 4.17. The van der Waals surface area contributed by atoms with E-state index >= 15 is 0 Å². The van der Waals surface area contributed by atoms with E-state index in [9.17, 15) is 0 Å². The third kappa shape index (κ3) is 3.99. The molecule has 0 bridgehead atoms. The minimum Gasteiger partial charge on any atom is -0.439 e. The Morgan fingerprint density at radius 2 is 1.85 bits per heavy atom. The molecule has 1 fully saturated rings. The van der Waals surface area contributed by atoms with Crippen LogP contribution < -0.4 is 10.1 Å². The summed E-state index contributed by atoms with van der Waals surface area (Å²) in [6, 6.07) is 11.8. The van der Waals surface area contributed by atoms with Gasteiger partial charge in [0.15, 0.2) is 5.82 Å². The highest BCUT2D eigenvalue weighted by Crippen LogP contribution is 2.32. The first-order valence-electron chi connectivity index (χ1n) is 8.97. The Morgan fingerprint density at radius 1 is 1.04 bits per heavy atom. The van der Waals surface area contributed by atoms with Crippen molar-refractivity contribution < 1.29 is 4.74 Å². The topological polar surface area (TPSA) is 88.6 Å². The molecular formula is C19H22N6O. The summed E-state index contributed by atoms with van der Waals surface area (Å²) < 4.78 is 5.77. The van der Waals surface area contributed by atoms with Crippen LogP contribution in [0.15, 0.2) is 42.6 Å². The monoisotopic (exact) mass is 350 g/mol. The van der Waals surface area contributed by atoms with E-state index in [1.54, 1.807) is 12.3 Å². The van der Waals surface area contributed by atoms with Crippen molar-refractivity contribution in [2.24, 2.45) is 0 Å². The lowest BCUT2D eigenvalue weighted by molar-refractivity contribution is 0.399. The Balaban J connectivity index is 1.34. The number of aromatic nitrogens is 5. The highest BCUT2D eigenvalue weighted by Gasteiger charge is 2.25. The quantitative estimate of drug-likeness (QED) is 0.727. The molecule has 0 saturated heterocycles. The van der Waals surface area contributed by atoms with Crippen molar-refractivity contribution in [3.05, 3.63) is 54.2 Å². The summed E-state index contributed by atoms with van der Waals surface area (Å²) in [6.07, 6.45) is 5.94. The van der Waals surface area contributed by atoms with Gasteiger partial charge in [0.05, 0.1) is 0 Å². The Hall–Kier alpha value is -2.96. The van der Waals surface area contributed by atoms with E-state index in [1.165, 1.54) is 0 Å². The number of H-pyrrole nitrogens is 1. The first-order chi connectivity index (χ1) is 12.8. The lowest BCUT2D eigenvalue weighted by Crippen LogP contribution is -2.26. The summed E-state index contributed by atoms with van der Waals surface area (Å²) in [5.41, 5.74) is 0. The van der Waals surface area contributed by atoms with Crippen molar-refractivity contribution in [2.75, 3.05) is 5.32 Å². The van der Waals surface area contributed by atoms with E-state index in [4.69, 9.17) is 4.74 Å². The second kappa shape index (κ2) is 7.51. The van der Waals surface area contributed by atoms with Crippen molar-refractivity contribution in [1.29, 1.82) is 0 Å². The smallest absolute Gasteiger partial charge is 0.226 e. The minimum atomic E-state index is 0.360. The number of hydrogen-bond donors (Lipinski definition) is 2. The molecule has 1 saturated carbocycles. The van der Waals surface area contributed by atoms with E-state index in [0.29, 0.717) is 23.8 Å². The fourth-order valence-electron chi connectivity index (χ4n) is 3.30. The van der Waals surface area contributed by atoms with Gasteiger partial charge in [-0.15, -0.1) is 0 Å². The normalized spacial score (nSPS) is 19.9. The van der Waals surface area contributed by atoms with Crippen LogP contribution in [0.5, 0.6) is 11.6 Å². The van der Waals surface area contributed by atoms with Crippen LogP contribution in [-0.4, -0.2) is 31.2 Å². The van der Waals surface area contributed by atoms with Gasteiger partial charge in [-0.1, -0.05) is 18.2 Å². The molecule has 0 radical (unpaired) electrons. The Bertz CT molecular complexity index is 842. The van der Waals surface area contributed by atoms with Gasteiger partial charge in [-0.05, 0) is 44.7 Å². The molecule has 0 unspecified atom stereocenters. The van der Waals surface area contributed by atoms with Crippen LogP contribution in [-0.2, 0) is 0 Å². The molecule has 2 N–H and O–H groups in total. The largest absolute Gasteiger partial charge is 0.439 e. The second-order valence-corrected chi connectivity index (χ2v) is 6.61. The highest BCUT2D eigenvalue weighted by molar-refractivity contribution is 5.32. The highest BCUT2D eigenvalue weighted by atomic mass is 16.5. The molecule has 0 spiro atoms. The zero-order chi connectivity index (χ0) is 17.8. The van der Waals surface area contributed by atoms with E-state index < -0.39 is 0 Å². The molecule has 1 aliphatic carbocycles. The number of benzene rings is 1. The summed E-state index contributed by atoms with van der Waals surface area (Å²) >= 11 is 0. The van der Waals surface area contributed by atoms with Crippen LogP contribution in [0.4, 0.5) is 5.95 Å². The molecule has 3 aromatic rings. The first-order valence-corrected chi connectivity index (χ1v) is 8.97. The molecule has 7 nitrogen and oxygen atoms in total. The number of aryl methyl sites for hydroxylation is 1. The molecule has 134 valence electrons. The molecule has 0 amide bonds. The molecule has 1 aromatic carbocycles. The van der Waals surface area contributed by atoms with E-state index in [0.717, 1.165) is 43.1 Å². The number of nitrogens with one attached hydrogen (secondary N) is 2. The van der Waals surface area contributed by atoms with Crippen molar-refractivity contribution in [2.45, 2.75) is 44.6 Å². The fraction of sp³-hybridized carbons (Fsp3) is 0.368. The zero-order valence-electron chi connectivity index (χ0n) is 14.7. The van der Waals surface area contributed by atoms with Crippen LogP contribution in [0, 0.1) is 6.92 Å². The third-order valence-electron chi connectivity index (χ3n) is 4.64. The Morgan fingerprint density at radius 3 is 2.58 bits per heavy atom. The molecule has 2 aromatic heterocycles. The van der Waals surface area contributed by atoms with Gasteiger partial charge in [0, 0.05) is 24.2 Å². The molecular weight excluding hydrogens is 328 g/mol. The number of nitrogens with zero attached hydrogens (tertiary/aromatic N) is 4. The Labute approximate surface area is 152 Å². The van der Waals surface area contributed by atoms with Gasteiger partial charge < -0.3 is 10.1 Å². The summed E-state index contributed by atoms with van der Waals surface area (Å²) in [7, 11) is 0. The minimum absolute atomic E-state index is 0.360. The summed E-state index contributed by atoms with van der Waals surface area (Å²) in [4.78, 5) is 13.3. The van der Waals surface area contributed by atoms with Gasteiger partial charge in [0.2, 0.25) is 11.8 Å². The van der Waals surface area contributed by atoms with Crippen molar-refractivity contribution >= 4 is 5.95 Å². The maximum absolute atomic E-state index is 5.77. The van der Waals surface area contributed by atoms with Crippen LogP contribution in [0.25, 0.3) is 0 Å². The number of anilines is 1. The van der Waals surface area contributed by atoms with Crippen molar-refractivity contribution in [1.82, 2.24) is 25.1 Å². The lowest BCUT2D eigenvalue weighted by atomic mass is 9.85. The van der Waals surface area contributed by atoms with Crippen molar-refractivity contribution in [3.63, 3.8) is 0 Å². The number of para-hydroxylation sites is 1. The van der Waals surface area contributed by atoms with Crippen molar-refractivity contribution in [3.8, 4) is 11.6 Å². The average Bonchev–Trinajstić information content (AvgIpc) is 3.10. The number of rotatable bonds is 5. The standard InChI is InChI=1S/C19H22N6O/c1-13-21-18(25-24-13)14-7-9-15(10-8-14)22-19-20-12-11-17(23-19)26-16-5-3-2-4-6-16/h2-6,11-12,14-15H,7-10H2,1H3,(H,20,22,23)(H,21,24,25). The fourth-order valence-corrected chi connectivity index (χ4v) is 3.30. The predicted molar refractivity (Wildman–Crippen MR) is 98.3 cm³/mol. The summed E-state index contributed by atoms with van der Waals surface area (Å²) in [6.45, 7) is 1.94. The SMILES string of the molecule is Cc1nc(C2CCC(Nc3nccc(Oc4ccccc4)n3)CC2)n[nH]1. The van der Waals surface area contributed by atoms with Crippen LogP contribution in [0.1, 0.15) is 43.3 Å². The lowest BCUT2D eigenvalue weighted by Gasteiger charge is -2.27. The Kier molecular flexibility index (Phi) is 4.77. The number of hydrogen-bond acceptors (Lipinski definition) is 6.